The first kappa shape index (κ1) is 23.2. The van der Waals surface area contributed by atoms with E-state index in [1.165, 1.54) is 5.56 Å². The SMILES string of the molecule is Cc1cc(C)c(NC(=O)CN(C)Cc2nc(-c3c[nH]c(C(=O)N4CCCC4)c3)cs2)c(C)c1. The standard InChI is InChI=1S/C25H31N5O2S/c1-16-9-17(2)24(18(3)10-16)28-22(31)13-29(4)14-23-27-21(15-33-23)19-11-20(26-12-19)25(32)30-7-5-6-8-30/h9-12,15,26H,5-8,13-14H2,1-4H3,(H,28,31). The minimum Gasteiger partial charge on any atom is -0.357 e. The molecule has 2 N–H and O–H groups in total. The van der Waals surface area contributed by atoms with Crippen LogP contribution < -0.4 is 5.32 Å². The molecule has 0 atom stereocenters. The van der Waals surface area contributed by atoms with Crippen LogP contribution in [0, 0.1) is 20.8 Å². The molecule has 1 fully saturated rings. The average Bonchev–Trinajstić information content (AvgIpc) is 3.51. The van der Waals surface area contributed by atoms with Crippen LogP contribution in [0.1, 0.15) is 45.0 Å². The molecule has 1 saturated heterocycles. The van der Waals surface area contributed by atoms with E-state index in [0.717, 1.165) is 59.0 Å². The van der Waals surface area contributed by atoms with Gasteiger partial charge in [-0.05, 0) is 57.9 Å². The van der Waals surface area contributed by atoms with Crippen molar-refractivity contribution in [2.75, 3.05) is 32.0 Å². The van der Waals surface area contributed by atoms with E-state index in [-0.39, 0.29) is 18.4 Å². The minimum atomic E-state index is -0.0416. The monoisotopic (exact) mass is 465 g/mol. The van der Waals surface area contributed by atoms with Crippen LogP contribution in [0.2, 0.25) is 0 Å². The molecule has 1 aliphatic rings. The molecule has 174 valence electrons. The number of aromatic amines is 1. The highest BCUT2D eigenvalue weighted by atomic mass is 32.1. The third-order valence-corrected chi connectivity index (χ3v) is 6.75. The molecule has 3 aromatic rings. The molecule has 0 radical (unpaired) electrons. The summed E-state index contributed by atoms with van der Waals surface area (Å²) in [7, 11) is 1.92. The van der Waals surface area contributed by atoms with Crippen LogP contribution in [0.4, 0.5) is 5.69 Å². The van der Waals surface area contributed by atoms with Gasteiger partial charge in [0.2, 0.25) is 5.91 Å². The minimum absolute atomic E-state index is 0.0416. The summed E-state index contributed by atoms with van der Waals surface area (Å²) in [4.78, 5) is 36.8. The Bertz CT molecular complexity index is 1140. The van der Waals surface area contributed by atoms with Crippen molar-refractivity contribution in [1.82, 2.24) is 19.8 Å². The molecule has 7 nitrogen and oxygen atoms in total. The van der Waals surface area contributed by atoms with Crippen LogP contribution in [0.15, 0.2) is 29.8 Å². The zero-order valence-electron chi connectivity index (χ0n) is 19.7. The number of thiazole rings is 1. The number of amides is 2. The van der Waals surface area contributed by atoms with E-state index in [1.807, 2.05) is 48.3 Å². The lowest BCUT2D eigenvalue weighted by molar-refractivity contribution is -0.117. The number of likely N-dealkylation sites (tertiary alicyclic amines) is 1. The number of hydrogen-bond acceptors (Lipinski definition) is 5. The van der Waals surface area contributed by atoms with Crippen molar-refractivity contribution in [3.05, 3.63) is 57.2 Å². The number of aryl methyl sites for hydroxylation is 3. The van der Waals surface area contributed by atoms with Crippen LogP contribution in [-0.2, 0) is 11.3 Å². The summed E-state index contributed by atoms with van der Waals surface area (Å²) in [5, 5.41) is 5.98. The first-order chi connectivity index (χ1) is 15.8. The number of carbonyl (C=O) groups excluding carboxylic acids is 2. The molecule has 3 heterocycles. The van der Waals surface area contributed by atoms with Crippen molar-refractivity contribution >= 4 is 28.8 Å². The maximum atomic E-state index is 12.6. The van der Waals surface area contributed by atoms with Crippen molar-refractivity contribution in [3.63, 3.8) is 0 Å². The van der Waals surface area contributed by atoms with Gasteiger partial charge in [-0.3, -0.25) is 14.5 Å². The Hall–Kier alpha value is -2.97. The predicted octanol–water partition coefficient (Wildman–Crippen LogP) is 4.37. The van der Waals surface area contributed by atoms with Gasteiger partial charge in [0.15, 0.2) is 0 Å². The fraction of sp³-hybridized carbons (Fsp3) is 0.400. The molecule has 0 bridgehead atoms. The number of hydrogen-bond donors (Lipinski definition) is 2. The Morgan fingerprint density at radius 2 is 1.85 bits per heavy atom. The Morgan fingerprint density at radius 3 is 2.55 bits per heavy atom. The normalized spacial score (nSPS) is 13.7. The zero-order valence-corrected chi connectivity index (χ0v) is 20.5. The zero-order chi connectivity index (χ0) is 23.5. The molecule has 0 aliphatic carbocycles. The van der Waals surface area contributed by atoms with Crippen LogP contribution in [-0.4, -0.2) is 58.3 Å². The average molecular weight is 466 g/mol. The Kier molecular flexibility index (Phi) is 6.95. The molecule has 0 saturated carbocycles. The molecule has 0 unspecified atom stereocenters. The predicted molar refractivity (Wildman–Crippen MR) is 133 cm³/mol. The highest BCUT2D eigenvalue weighted by molar-refractivity contribution is 7.09. The first-order valence-corrected chi connectivity index (χ1v) is 12.2. The number of nitrogens with one attached hydrogen (secondary N) is 2. The van der Waals surface area contributed by atoms with Gasteiger partial charge in [0.05, 0.1) is 18.8 Å². The molecule has 8 heteroatoms. The summed E-state index contributed by atoms with van der Waals surface area (Å²) in [6.07, 6.45) is 3.99. The van der Waals surface area contributed by atoms with Crippen molar-refractivity contribution < 1.29 is 9.59 Å². The Balaban J connectivity index is 1.34. The number of rotatable bonds is 7. The maximum absolute atomic E-state index is 12.6. The Labute approximate surface area is 198 Å². The number of anilines is 1. The van der Waals surface area contributed by atoms with Gasteiger partial charge in [0.25, 0.3) is 5.91 Å². The van der Waals surface area contributed by atoms with Crippen molar-refractivity contribution in [1.29, 1.82) is 0 Å². The van der Waals surface area contributed by atoms with Gasteiger partial charge < -0.3 is 15.2 Å². The highest BCUT2D eigenvalue weighted by Gasteiger charge is 2.21. The van der Waals surface area contributed by atoms with E-state index in [9.17, 15) is 9.59 Å². The molecule has 2 amide bonds. The third-order valence-electron chi connectivity index (χ3n) is 5.91. The van der Waals surface area contributed by atoms with Gasteiger partial charge in [0, 0.05) is 35.9 Å². The summed E-state index contributed by atoms with van der Waals surface area (Å²) in [6.45, 7) is 8.60. The number of H-pyrrole nitrogens is 1. The van der Waals surface area contributed by atoms with Gasteiger partial charge >= 0.3 is 0 Å². The molecule has 0 spiro atoms. The van der Waals surface area contributed by atoms with Crippen molar-refractivity contribution in [2.45, 2.75) is 40.2 Å². The lowest BCUT2D eigenvalue weighted by Gasteiger charge is -2.17. The third kappa shape index (κ3) is 5.51. The second-order valence-electron chi connectivity index (χ2n) is 8.92. The fourth-order valence-electron chi connectivity index (χ4n) is 4.36. The van der Waals surface area contributed by atoms with Gasteiger partial charge in [-0.15, -0.1) is 11.3 Å². The molecular formula is C25H31N5O2S. The quantitative estimate of drug-likeness (QED) is 0.543. The van der Waals surface area contributed by atoms with Crippen molar-refractivity contribution in [2.24, 2.45) is 0 Å². The highest BCUT2D eigenvalue weighted by Crippen LogP contribution is 2.25. The summed E-state index contributed by atoms with van der Waals surface area (Å²) in [5.74, 6) is 0.0130. The number of carbonyl (C=O) groups is 2. The van der Waals surface area contributed by atoms with E-state index >= 15 is 0 Å². The molecule has 4 rings (SSSR count). The number of benzene rings is 1. The largest absolute Gasteiger partial charge is 0.357 e. The molecule has 1 aliphatic heterocycles. The maximum Gasteiger partial charge on any atom is 0.270 e. The second-order valence-corrected chi connectivity index (χ2v) is 9.86. The lowest BCUT2D eigenvalue weighted by Crippen LogP contribution is -2.30. The summed E-state index contributed by atoms with van der Waals surface area (Å²) < 4.78 is 0. The fourth-order valence-corrected chi connectivity index (χ4v) is 5.24. The van der Waals surface area contributed by atoms with Crippen LogP contribution in [0.5, 0.6) is 0 Å². The van der Waals surface area contributed by atoms with E-state index in [1.54, 1.807) is 11.3 Å². The topological polar surface area (TPSA) is 81.3 Å². The van der Waals surface area contributed by atoms with Crippen LogP contribution in [0.25, 0.3) is 11.3 Å². The number of nitrogens with zero attached hydrogens (tertiary/aromatic N) is 3. The number of likely N-dealkylation sites (N-methyl/N-ethyl adjacent to an activating group) is 1. The summed E-state index contributed by atoms with van der Waals surface area (Å²) >= 11 is 1.56. The summed E-state index contributed by atoms with van der Waals surface area (Å²) in [6, 6.07) is 6.03. The van der Waals surface area contributed by atoms with Gasteiger partial charge in [-0.1, -0.05) is 17.7 Å². The lowest BCUT2D eigenvalue weighted by atomic mass is 10.1. The van der Waals surface area contributed by atoms with E-state index in [4.69, 9.17) is 4.98 Å². The second kappa shape index (κ2) is 9.89. The van der Waals surface area contributed by atoms with E-state index in [0.29, 0.717) is 12.2 Å². The molecule has 2 aromatic heterocycles. The summed E-state index contributed by atoms with van der Waals surface area (Å²) in [5.41, 5.74) is 6.58. The first-order valence-electron chi connectivity index (χ1n) is 11.3. The van der Waals surface area contributed by atoms with E-state index < -0.39 is 0 Å². The van der Waals surface area contributed by atoms with Gasteiger partial charge in [-0.2, -0.15) is 0 Å². The van der Waals surface area contributed by atoms with Gasteiger partial charge in [0.1, 0.15) is 10.7 Å². The van der Waals surface area contributed by atoms with Crippen LogP contribution >= 0.6 is 11.3 Å². The molecular weight excluding hydrogens is 434 g/mol. The van der Waals surface area contributed by atoms with Crippen molar-refractivity contribution in [3.8, 4) is 11.3 Å². The van der Waals surface area contributed by atoms with Crippen LogP contribution in [0.3, 0.4) is 0 Å². The molecule has 33 heavy (non-hydrogen) atoms. The van der Waals surface area contributed by atoms with Gasteiger partial charge in [-0.25, -0.2) is 4.98 Å². The smallest absolute Gasteiger partial charge is 0.270 e. The Morgan fingerprint density at radius 1 is 1.15 bits per heavy atom. The number of aromatic nitrogens is 2. The molecule has 1 aromatic carbocycles. The van der Waals surface area contributed by atoms with E-state index in [2.05, 4.69) is 29.4 Å².